The maximum Gasteiger partial charge on any atom is 0.405 e. The van der Waals surface area contributed by atoms with Crippen LogP contribution < -0.4 is 10.9 Å². The van der Waals surface area contributed by atoms with Crippen LogP contribution in [-0.2, 0) is 11.2 Å². The van der Waals surface area contributed by atoms with Gasteiger partial charge in [0.05, 0.1) is 5.39 Å². The molecule has 2 aromatic heterocycles. The van der Waals surface area contributed by atoms with Crippen LogP contribution in [-0.4, -0.2) is 28.6 Å². The van der Waals surface area contributed by atoms with Crippen LogP contribution in [0.15, 0.2) is 4.79 Å². The topological polar surface area (TPSA) is 74.8 Å². The van der Waals surface area contributed by atoms with Crippen LogP contribution in [0.5, 0.6) is 0 Å². The number of amides is 1. The van der Waals surface area contributed by atoms with Crippen LogP contribution in [0.4, 0.5) is 13.2 Å². The minimum absolute atomic E-state index is 0.0743. The lowest BCUT2D eigenvalue weighted by molar-refractivity contribution is -0.138. The van der Waals surface area contributed by atoms with Crippen LogP contribution in [0.2, 0.25) is 0 Å². The Bertz CT molecular complexity index is 764. The summed E-state index contributed by atoms with van der Waals surface area (Å²) >= 11 is 1.37. The highest BCUT2D eigenvalue weighted by Crippen LogP contribution is 2.25. The summed E-state index contributed by atoms with van der Waals surface area (Å²) in [7, 11) is 0. The Morgan fingerprint density at radius 2 is 2.05 bits per heavy atom. The van der Waals surface area contributed by atoms with E-state index in [0.29, 0.717) is 16.0 Å². The number of nitrogens with zero attached hydrogens (tertiary/aromatic N) is 1. The Kier molecular flexibility index (Phi) is 4.55. The summed E-state index contributed by atoms with van der Waals surface area (Å²) in [5.74, 6) is -0.445. The fraction of sp³-hybridized carbons (Fsp3) is 0.462. The van der Waals surface area contributed by atoms with Gasteiger partial charge < -0.3 is 10.3 Å². The van der Waals surface area contributed by atoms with Crippen molar-refractivity contribution < 1.29 is 18.0 Å². The van der Waals surface area contributed by atoms with Crippen LogP contribution in [0, 0.1) is 13.8 Å². The molecule has 120 valence electrons. The number of rotatable bonds is 4. The first-order valence-electron chi connectivity index (χ1n) is 6.49. The Labute approximate surface area is 127 Å². The Hall–Kier alpha value is -1.90. The standard InChI is InChI=1S/C13H14F3N3O2S/c1-6-7(2)22-12-10(6)11(21)18-8(19-12)3-4-9(20)17-5-13(14,15)16/h3-5H2,1-2H3,(H,17,20)(H,18,19,21). The van der Waals surface area contributed by atoms with Gasteiger partial charge in [0.15, 0.2) is 0 Å². The Balaban J connectivity index is 2.07. The zero-order valence-corrected chi connectivity index (χ0v) is 12.7. The monoisotopic (exact) mass is 333 g/mol. The molecule has 2 heterocycles. The lowest BCUT2D eigenvalue weighted by Crippen LogP contribution is -2.33. The molecule has 1 amide bonds. The molecule has 0 unspecified atom stereocenters. The molecule has 2 N–H and O–H groups in total. The highest BCUT2D eigenvalue weighted by Gasteiger charge is 2.27. The van der Waals surface area contributed by atoms with Gasteiger partial charge in [-0.05, 0) is 19.4 Å². The Morgan fingerprint density at radius 3 is 2.68 bits per heavy atom. The zero-order valence-electron chi connectivity index (χ0n) is 11.9. The molecule has 9 heteroatoms. The number of fused-ring (bicyclic) bond motifs is 1. The van der Waals surface area contributed by atoms with Crippen molar-refractivity contribution in [2.75, 3.05) is 6.54 Å². The SMILES string of the molecule is Cc1sc2nc(CCC(=O)NCC(F)(F)F)[nH]c(=O)c2c1C. The molecular formula is C13H14F3N3O2S. The fourth-order valence-corrected chi connectivity index (χ4v) is 2.99. The molecule has 0 aliphatic heterocycles. The van der Waals surface area contributed by atoms with E-state index in [1.807, 2.05) is 13.8 Å². The summed E-state index contributed by atoms with van der Waals surface area (Å²) in [6.45, 7) is 2.35. The minimum atomic E-state index is -4.44. The molecule has 0 atom stereocenters. The summed E-state index contributed by atoms with van der Waals surface area (Å²) in [4.78, 5) is 31.7. The number of aromatic amines is 1. The fourth-order valence-electron chi connectivity index (χ4n) is 1.94. The van der Waals surface area contributed by atoms with Gasteiger partial charge >= 0.3 is 6.18 Å². The summed E-state index contributed by atoms with van der Waals surface area (Å²) in [6, 6.07) is 0. The van der Waals surface area contributed by atoms with Crippen molar-refractivity contribution >= 4 is 27.5 Å². The van der Waals surface area contributed by atoms with Crippen molar-refractivity contribution in [1.29, 1.82) is 0 Å². The van der Waals surface area contributed by atoms with Crippen molar-refractivity contribution in [3.8, 4) is 0 Å². The second kappa shape index (κ2) is 6.07. The highest BCUT2D eigenvalue weighted by atomic mass is 32.1. The molecular weight excluding hydrogens is 319 g/mol. The van der Waals surface area contributed by atoms with Gasteiger partial charge in [-0.2, -0.15) is 13.2 Å². The molecule has 22 heavy (non-hydrogen) atoms. The van der Waals surface area contributed by atoms with Gasteiger partial charge in [-0.3, -0.25) is 9.59 Å². The third kappa shape index (κ3) is 3.85. The van der Waals surface area contributed by atoms with Gasteiger partial charge in [-0.15, -0.1) is 11.3 Å². The van der Waals surface area contributed by atoms with Gasteiger partial charge in [-0.25, -0.2) is 4.98 Å². The van der Waals surface area contributed by atoms with Gasteiger partial charge in [-0.1, -0.05) is 0 Å². The molecule has 0 saturated heterocycles. The van der Waals surface area contributed by atoms with Crippen LogP contribution in [0.25, 0.3) is 10.2 Å². The van der Waals surface area contributed by atoms with E-state index >= 15 is 0 Å². The first kappa shape index (κ1) is 16.5. The smallest absolute Gasteiger partial charge is 0.347 e. The maximum atomic E-state index is 12.0. The quantitative estimate of drug-likeness (QED) is 0.901. The average molecular weight is 333 g/mol. The van der Waals surface area contributed by atoms with Gasteiger partial charge in [0.1, 0.15) is 17.2 Å². The van der Waals surface area contributed by atoms with Crippen molar-refractivity contribution in [1.82, 2.24) is 15.3 Å². The predicted octanol–water partition coefficient (Wildman–Crippen LogP) is 2.21. The molecule has 0 bridgehead atoms. The number of nitrogens with one attached hydrogen (secondary N) is 2. The number of thiophene rings is 1. The van der Waals surface area contributed by atoms with E-state index < -0.39 is 18.6 Å². The lowest BCUT2D eigenvalue weighted by Gasteiger charge is -2.07. The molecule has 2 aromatic rings. The van der Waals surface area contributed by atoms with Gasteiger partial charge in [0, 0.05) is 17.7 Å². The van der Waals surface area contributed by atoms with E-state index in [4.69, 9.17) is 0 Å². The molecule has 0 aliphatic rings. The van der Waals surface area contributed by atoms with Crippen molar-refractivity contribution in [2.24, 2.45) is 0 Å². The molecule has 0 saturated carbocycles. The third-order valence-corrected chi connectivity index (χ3v) is 4.26. The van der Waals surface area contributed by atoms with E-state index in [2.05, 4.69) is 9.97 Å². The summed E-state index contributed by atoms with van der Waals surface area (Å²) in [5.41, 5.74) is 0.570. The second-order valence-corrected chi connectivity index (χ2v) is 6.07. The van der Waals surface area contributed by atoms with E-state index in [9.17, 15) is 22.8 Å². The molecule has 2 rings (SSSR count). The first-order valence-corrected chi connectivity index (χ1v) is 7.31. The zero-order chi connectivity index (χ0) is 16.5. The number of H-pyrrole nitrogens is 1. The number of hydrogen-bond donors (Lipinski definition) is 2. The van der Waals surface area contributed by atoms with E-state index in [1.165, 1.54) is 11.3 Å². The number of aromatic nitrogens is 2. The predicted molar refractivity (Wildman–Crippen MR) is 77.1 cm³/mol. The minimum Gasteiger partial charge on any atom is -0.347 e. The maximum absolute atomic E-state index is 12.0. The third-order valence-electron chi connectivity index (χ3n) is 3.16. The largest absolute Gasteiger partial charge is 0.405 e. The molecule has 0 fully saturated rings. The summed E-state index contributed by atoms with van der Waals surface area (Å²) in [5, 5.41) is 2.30. The van der Waals surface area contributed by atoms with Gasteiger partial charge in [0.25, 0.3) is 5.56 Å². The number of hydrogen-bond acceptors (Lipinski definition) is 4. The molecule has 5 nitrogen and oxygen atoms in total. The lowest BCUT2D eigenvalue weighted by atomic mass is 10.2. The summed E-state index contributed by atoms with van der Waals surface area (Å²) in [6.07, 6.45) is -4.54. The second-order valence-electron chi connectivity index (χ2n) is 4.87. The van der Waals surface area contributed by atoms with Crippen molar-refractivity contribution in [3.05, 3.63) is 26.6 Å². The number of aryl methyl sites for hydroxylation is 3. The number of carbonyl (C=O) groups is 1. The van der Waals surface area contributed by atoms with E-state index in [-0.39, 0.29) is 18.4 Å². The number of alkyl halides is 3. The molecule has 0 aromatic carbocycles. The first-order chi connectivity index (χ1) is 10.2. The van der Waals surface area contributed by atoms with E-state index in [0.717, 1.165) is 10.4 Å². The molecule has 0 radical (unpaired) electrons. The summed E-state index contributed by atoms with van der Waals surface area (Å²) < 4.78 is 35.9. The molecule has 0 spiro atoms. The van der Waals surface area contributed by atoms with Crippen molar-refractivity contribution in [3.63, 3.8) is 0 Å². The highest BCUT2D eigenvalue weighted by molar-refractivity contribution is 7.18. The number of halogens is 3. The van der Waals surface area contributed by atoms with Crippen LogP contribution in [0.1, 0.15) is 22.7 Å². The van der Waals surface area contributed by atoms with E-state index in [1.54, 1.807) is 5.32 Å². The average Bonchev–Trinajstić information content (AvgIpc) is 2.69. The normalized spacial score (nSPS) is 11.9. The van der Waals surface area contributed by atoms with Crippen LogP contribution in [0.3, 0.4) is 0 Å². The molecule has 0 aliphatic carbocycles. The van der Waals surface area contributed by atoms with Crippen LogP contribution >= 0.6 is 11.3 Å². The number of carbonyl (C=O) groups excluding carboxylic acids is 1. The van der Waals surface area contributed by atoms with Crippen molar-refractivity contribution in [2.45, 2.75) is 32.9 Å². The van der Waals surface area contributed by atoms with Gasteiger partial charge in [0.2, 0.25) is 5.91 Å². The Morgan fingerprint density at radius 1 is 1.36 bits per heavy atom.